The number of hydrogen-bond acceptors (Lipinski definition) is 3. The summed E-state index contributed by atoms with van der Waals surface area (Å²) in [5.41, 5.74) is 1.10. The molecule has 0 saturated heterocycles. The second-order valence-corrected chi connectivity index (χ2v) is 5.06. The van der Waals surface area contributed by atoms with Gasteiger partial charge in [0.05, 0.1) is 0 Å². The summed E-state index contributed by atoms with van der Waals surface area (Å²) in [6, 6.07) is 8.14. The summed E-state index contributed by atoms with van der Waals surface area (Å²) >= 11 is 5.56. The maximum atomic E-state index is 12.6. The molecule has 0 aliphatic rings. The summed E-state index contributed by atoms with van der Waals surface area (Å²) in [5, 5.41) is -0.328. The zero-order valence-electron chi connectivity index (χ0n) is 11.3. The Morgan fingerprint density at radius 3 is 2.24 bits per heavy atom. The Labute approximate surface area is 124 Å². The Hall–Kier alpha value is -1.82. The van der Waals surface area contributed by atoms with Crippen molar-refractivity contribution in [1.82, 2.24) is 9.97 Å². The summed E-state index contributed by atoms with van der Waals surface area (Å²) in [6.07, 6.45) is -4.68. The number of nitrogens with zero attached hydrogens (tertiary/aromatic N) is 2. The molecule has 2 aromatic rings. The first kappa shape index (κ1) is 15.6. The van der Waals surface area contributed by atoms with Crippen LogP contribution in [0.2, 0.25) is 5.15 Å². The molecule has 3 nitrogen and oxygen atoms in total. The molecular weight excluding hydrogens is 305 g/mol. The van der Waals surface area contributed by atoms with E-state index in [4.69, 9.17) is 16.3 Å². The van der Waals surface area contributed by atoms with Crippen molar-refractivity contribution in [3.05, 3.63) is 46.9 Å². The van der Waals surface area contributed by atoms with Crippen molar-refractivity contribution in [2.45, 2.75) is 25.9 Å². The van der Waals surface area contributed by atoms with Crippen molar-refractivity contribution in [3.63, 3.8) is 0 Å². The predicted molar refractivity (Wildman–Crippen MR) is 72.6 cm³/mol. The van der Waals surface area contributed by atoms with Gasteiger partial charge in [-0.25, -0.2) is 4.98 Å². The third-order valence-electron chi connectivity index (χ3n) is 2.69. The fourth-order valence-electron chi connectivity index (χ4n) is 1.62. The number of aromatic nitrogens is 2. The van der Waals surface area contributed by atoms with Gasteiger partial charge in [0.2, 0.25) is 11.7 Å². The van der Waals surface area contributed by atoms with Crippen LogP contribution in [0.15, 0.2) is 30.3 Å². The second kappa shape index (κ2) is 5.89. The fraction of sp³-hybridized carbons (Fsp3) is 0.286. The molecule has 0 spiro atoms. The van der Waals surface area contributed by atoms with Crippen molar-refractivity contribution >= 4 is 11.6 Å². The van der Waals surface area contributed by atoms with E-state index in [0.717, 1.165) is 11.6 Å². The number of rotatable bonds is 3. The lowest BCUT2D eigenvalue weighted by Crippen LogP contribution is -2.11. The van der Waals surface area contributed by atoms with Crippen LogP contribution in [0.5, 0.6) is 11.6 Å². The van der Waals surface area contributed by atoms with Crippen molar-refractivity contribution in [2.75, 3.05) is 0 Å². The quantitative estimate of drug-likeness (QED) is 0.742. The van der Waals surface area contributed by atoms with Crippen LogP contribution in [0, 0.1) is 0 Å². The Balaban J connectivity index is 2.25. The molecule has 7 heteroatoms. The molecule has 0 bridgehead atoms. The molecule has 2 rings (SSSR count). The second-order valence-electron chi connectivity index (χ2n) is 4.68. The van der Waals surface area contributed by atoms with E-state index in [1.54, 1.807) is 12.1 Å². The van der Waals surface area contributed by atoms with E-state index < -0.39 is 12.0 Å². The molecule has 1 aromatic carbocycles. The minimum absolute atomic E-state index is 0.250. The third kappa shape index (κ3) is 4.07. The summed E-state index contributed by atoms with van der Waals surface area (Å²) < 4.78 is 43.1. The first-order valence-corrected chi connectivity index (χ1v) is 6.53. The average molecular weight is 317 g/mol. The van der Waals surface area contributed by atoms with Gasteiger partial charge in [0.15, 0.2) is 0 Å². The number of halogens is 4. The normalized spacial score (nSPS) is 11.8. The molecule has 0 saturated carbocycles. The lowest BCUT2D eigenvalue weighted by molar-refractivity contribution is -0.145. The van der Waals surface area contributed by atoms with Crippen LogP contribution >= 0.6 is 11.6 Å². The van der Waals surface area contributed by atoms with Crippen LogP contribution in [-0.2, 0) is 6.18 Å². The van der Waals surface area contributed by atoms with Gasteiger partial charge in [-0.3, -0.25) is 0 Å². The Morgan fingerprint density at radius 2 is 1.71 bits per heavy atom. The fourth-order valence-corrected chi connectivity index (χ4v) is 1.79. The molecule has 1 aromatic heterocycles. The predicted octanol–water partition coefficient (Wildman–Crippen LogP) is 5.06. The molecule has 0 fully saturated rings. The topological polar surface area (TPSA) is 35.0 Å². The van der Waals surface area contributed by atoms with Gasteiger partial charge in [-0.05, 0) is 23.6 Å². The summed E-state index contributed by atoms with van der Waals surface area (Å²) in [5.74, 6) is -0.852. The van der Waals surface area contributed by atoms with Gasteiger partial charge in [-0.2, -0.15) is 18.2 Å². The van der Waals surface area contributed by atoms with Crippen molar-refractivity contribution in [2.24, 2.45) is 0 Å². The number of hydrogen-bond donors (Lipinski definition) is 0. The molecule has 21 heavy (non-hydrogen) atoms. The van der Waals surface area contributed by atoms with E-state index in [1.165, 1.54) is 0 Å². The third-order valence-corrected chi connectivity index (χ3v) is 2.89. The maximum Gasteiger partial charge on any atom is 0.451 e. The molecule has 0 unspecified atom stereocenters. The number of alkyl halides is 3. The van der Waals surface area contributed by atoms with Crippen LogP contribution in [0.3, 0.4) is 0 Å². The van der Waals surface area contributed by atoms with Crippen LogP contribution in [0.1, 0.15) is 31.2 Å². The van der Waals surface area contributed by atoms with Gasteiger partial charge in [0, 0.05) is 6.07 Å². The highest BCUT2D eigenvalue weighted by atomic mass is 35.5. The van der Waals surface area contributed by atoms with Crippen molar-refractivity contribution in [3.8, 4) is 11.6 Å². The van der Waals surface area contributed by atoms with E-state index in [1.807, 2.05) is 26.0 Å². The van der Waals surface area contributed by atoms with E-state index in [2.05, 4.69) is 9.97 Å². The highest BCUT2D eigenvalue weighted by Gasteiger charge is 2.35. The van der Waals surface area contributed by atoms with Crippen LogP contribution < -0.4 is 4.74 Å². The Kier molecular flexibility index (Phi) is 4.37. The van der Waals surface area contributed by atoms with Gasteiger partial charge >= 0.3 is 6.18 Å². The molecule has 0 amide bonds. The molecular formula is C14H12ClF3N2O. The first-order chi connectivity index (χ1) is 9.75. The summed E-state index contributed by atoms with van der Waals surface area (Å²) in [7, 11) is 0. The SMILES string of the molecule is CC(C)c1ccc(Oc2cc(Cl)nc(C(F)(F)F)n2)cc1. The molecule has 0 radical (unpaired) electrons. The zero-order valence-corrected chi connectivity index (χ0v) is 12.0. The highest BCUT2D eigenvalue weighted by Crippen LogP contribution is 2.30. The van der Waals surface area contributed by atoms with Crippen LogP contribution in [0.25, 0.3) is 0 Å². The smallest absolute Gasteiger partial charge is 0.439 e. The first-order valence-electron chi connectivity index (χ1n) is 6.15. The van der Waals surface area contributed by atoms with E-state index in [9.17, 15) is 13.2 Å². The van der Waals surface area contributed by atoms with E-state index in [-0.39, 0.29) is 11.0 Å². The molecule has 0 aliphatic heterocycles. The van der Waals surface area contributed by atoms with E-state index in [0.29, 0.717) is 11.7 Å². The number of ether oxygens (including phenoxy) is 1. The molecule has 1 heterocycles. The minimum atomic E-state index is -4.68. The molecule has 0 atom stereocenters. The van der Waals surface area contributed by atoms with Crippen molar-refractivity contribution < 1.29 is 17.9 Å². The van der Waals surface area contributed by atoms with Gasteiger partial charge < -0.3 is 4.74 Å². The number of benzene rings is 1. The standard InChI is InChI=1S/C14H12ClF3N2O/c1-8(2)9-3-5-10(6-4-9)21-12-7-11(15)19-13(20-12)14(16,17)18/h3-8H,1-2H3. The maximum absolute atomic E-state index is 12.6. The molecule has 0 N–H and O–H groups in total. The summed E-state index contributed by atoms with van der Waals surface area (Å²) in [4.78, 5) is 6.45. The monoisotopic (exact) mass is 316 g/mol. The lowest BCUT2D eigenvalue weighted by Gasteiger charge is -2.10. The van der Waals surface area contributed by atoms with Gasteiger partial charge in [0.25, 0.3) is 0 Å². The van der Waals surface area contributed by atoms with Crippen LogP contribution in [0.4, 0.5) is 13.2 Å². The van der Waals surface area contributed by atoms with Crippen molar-refractivity contribution in [1.29, 1.82) is 0 Å². The molecule has 112 valence electrons. The van der Waals surface area contributed by atoms with Crippen LogP contribution in [-0.4, -0.2) is 9.97 Å². The van der Waals surface area contributed by atoms with Gasteiger partial charge in [-0.15, -0.1) is 0 Å². The van der Waals surface area contributed by atoms with Gasteiger partial charge in [-0.1, -0.05) is 37.6 Å². The largest absolute Gasteiger partial charge is 0.451 e. The molecule has 0 aliphatic carbocycles. The summed E-state index contributed by atoms with van der Waals surface area (Å²) in [6.45, 7) is 4.07. The van der Waals surface area contributed by atoms with E-state index >= 15 is 0 Å². The average Bonchev–Trinajstić information content (AvgIpc) is 2.37. The highest BCUT2D eigenvalue weighted by molar-refractivity contribution is 6.29. The Morgan fingerprint density at radius 1 is 1.10 bits per heavy atom. The van der Waals surface area contributed by atoms with Gasteiger partial charge in [0.1, 0.15) is 10.9 Å². The Bertz CT molecular complexity index is 627. The lowest BCUT2D eigenvalue weighted by atomic mass is 10.0. The minimum Gasteiger partial charge on any atom is -0.439 e. The zero-order chi connectivity index (χ0) is 15.6.